The first-order valence-corrected chi connectivity index (χ1v) is 14.4. The largest absolute Gasteiger partial charge is 0.481 e. The molecule has 1 aliphatic heterocycles. The van der Waals surface area contributed by atoms with E-state index in [1.807, 2.05) is 0 Å². The zero-order chi connectivity index (χ0) is 28.0. The van der Waals surface area contributed by atoms with Crippen molar-refractivity contribution in [1.82, 2.24) is 15.8 Å². The minimum absolute atomic E-state index is 0.0919. The molecule has 0 bridgehead atoms. The van der Waals surface area contributed by atoms with E-state index in [2.05, 4.69) is 17.7 Å². The normalized spacial score (nSPS) is 15.4. The number of hydrogen-bond acceptors (Lipinski definition) is 7. The van der Waals surface area contributed by atoms with Crippen molar-refractivity contribution in [2.45, 2.75) is 122 Å². The average molecular weight is 543 g/mol. The van der Waals surface area contributed by atoms with Crippen LogP contribution in [-0.4, -0.2) is 72.4 Å². The van der Waals surface area contributed by atoms with Crippen LogP contribution in [-0.2, 0) is 23.9 Å². The highest BCUT2D eigenvalue weighted by atomic mass is 16.5. The van der Waals surface area contributed by atoms with Gasteiger partial charge in [-0.1, -0.05) is 71.1 Å². The number of primary amides is 1. The van der Waals surface area contributed by atoms with E-state index in [9.17, 15) is 19.2 Å². The zero-order valence-corrected chi connectivity index (χ0v) is 23.2. The number of amides is 3. The Kier molecular flexibility index (Phi) is 19.0. The van der Waals surface area contributed by atoms with E-state index in [0.717, 1.165) is 19.3 Å². The van der Waals surface area contributed by atoms with Gasteiger partial charge in [-0.2, -0.15) is 0 Å². The van der Waals surface area contributed by atoms with Crippen molar-refractivity contribution in [3.63, 3.8) is 0 Å². The van der Waals surface area contributed by atoms with Crippen LogP contribution in [0.25, 0.3) is 0 Å². The van der Waals surface area contributed by atoms with Crippen LogP contribution in [0.1, 0.15) is 110 Å². The summed E-state index contributed by atoms with van der Waals surface area (Å²) in [5.74, 6) is -2.24. The summed E-state index contributed by atoms with van der Waals surface area (Å²) in [6.45, 7) is 4.22. The number of esters is 1. The molecule has 0 radical (unpaired) electrons. The fourth-order valence-corrected chi connectivity index (χ4v) is 4.43. The quantitative estimate of drug-likeness (QED) is 0.119. The molecule has 2 atom stereocenters. The summed E-state index contributed by atoms with van der Waals surface area (Å²) in [6, 6.07) is -1.62. The Bertz CT molecular complexity index is 686. The van der Waals surface area contributed by atoms with E-state index in [1.54, 1.807) is 5.01 Å². The monoisotopic (exact) mass is 542 g/mol. The molecule has 11 nitrogen and oxygen atoms in total. The average Bonchev–Trinajstić information content (AvgIpc) is 2.86. The summed E-state index contributed by atoms with van der Waals surface area (Å²) in [7, 11) is 0. The van der Waals surface area contributed by atoms with Gasteiger partial charge in [-0.25, -0.2) is 14.6 Å². The van der Waals surface area contributed by atoms with E-state index in [4.69, 9.17) is 20.3 Å². The summed E-state index contributed by atoms with van der Waals surface area (Å²) >= 11 is 0. The lowest BCUT2D eigenvalue weighted by molar-refractivity contribution is -0.153. The number of carbonyl (C=O) groups excluding carboxylic acids is 3. The van der Waals surface area contributed by atoms with Crippen molar-refractivity contribution in [1.29, 1.82) is 0 Å². The number of aliphatic carboxylic acids is 1. The number of carbonyl (C=O) groups is 4. The maximum absolute atomic E-state index is 12.9. The van der Waals surface area contributed by atoms with Crippen molar-refractivity contribution in [3.8, 4) is 0 Å². The molecular formula is C27H50N4O7. The smallest absolute Gasteiger partial charge is 0.330 e. The molecule has 0 spiro atoms. The van der Waals surface area contributed by atoms with Crippen molar-refractivity contribution >= 4 is 23.9 Å². The second kappa shape index (κ2) is 21.5. The third kappa shape index (κ3) is 18.0. The van der Waals surface area contributed by atoms with Crippen molar-refractivity contribution in [3.05, 3.63) is 0 Å². The van der Waals surface area contributed by atoms with Gasteiger partial charge in [0.15, 0.2) is 0 Å². The summed E-state index contributed by atoms with van der Waals surface area (Å²) < 4.78 is 10.9. The van der Waals surface area contributed by atoms with Crippen LogP contribution >= 0.6 is 0 Å². The summed E-state index contributed by atoms with van der Waals surface area (Å²) in [6.07, 6.45) is 12.9. The molecule has 1 saturated heterocycles. The van der Waals surface area contributed by atoms with Gasteiger partial charge in [-0.05, 0) is 25.7 Å². The third-order valence-corrected chi connectivity index (χ3v) is 6.59. The summed E-state index contributed by atoms with van der Waals surface area (Å²) in [5, 5.41) is 13.2. The molecule has 3 amide bonds. The lowest BCUT2D eigenvalue weighted by atomic mass is 10.0. The summed E-state index contributed by atoms with van der Waals surface area (Å²) in [5.41, 5.74) is 8.05. The topological polar surface area (TPSA) is 160 Å². The number of hydrazine groups is 1. The first kappa shape index (κ1) is 33.6. The van der Waals surface area contributed by atoms with E-state index >= 15 is 0 Å². The van der Waals surface area contributed by atoms with Gasteiger partial charge in [-0.15, -0.1) is 0 Å². The van der Waals surface area contributed by atoms with Crippen LogP contribution in [0.3, 0.4) is 0 Å². The molecule has 0 aromatic rings. The molecular weight excluding hydrogens is 492 g/mol. The molecule has 11 heteroatoms. The second-order valence-electron chi connectivity index (χ2n) is 10.1. The fraction of sp³-hybridized carbons (Fsp3) is 0.852. The second-order valence-corrected chi connectivity index (χ2v) is 10.1. The molecule has 1 heterocycles. The third-order valence-electron chi connectivity index (χ3n) is 6.59. The maximum atomic E-state index is 12.9. The first-order valence-electron chi connectivity index (χ1n) is 14.4. The van der Waals surface area contributed by atoms with Crippen LogP contribution < -0.4 is 16.5 Å². The van der Waals surface area contributed by atoms with Gasteiger partial charge in [0.2, 0.25) is 5.91 Å². The maximum Gasteiger partial charge on any atom is 0.330 e. The molecule has 1 aliphatic rings. The molecule has 0 aromatic heterocycles. The van der Waals surface area contributed by atoms with Crippen molar-refractivity contribution < 1.29 is 33.8 Å². The fourth-order valence-electron chi connectivity index (χ4n) is 4.43. The van der Waals surface area contributed by atoms with E-state index in [0.29, 0.717) is 32.7 Å². The number of unbranched alkanes of at least 4 members (excludes halogenated alkanes) is 10. The van der Waals surface area contributed by atoms with Gasteiger partial charge in [0.25, 0.3) is 0 Å². The van der Waals surface area contributed by atoms with Gasteiger partial charge >= 0.3 is 18.0 Å². The number of urea groups is 1. The highest BCUT2D eigenvalue weighted by molar-refractivity contribution is 5.84. The lowest BCUT2D eigenvalue weighted by Gasteiger charge is -2.28. The minimum atomic E-state index is -1.04. The number of nitrogens with zero attached hydrogens (tertiary/aromatic N) is 1. The van der Waals surface area contributed by atoms with E-state index in [-0.39, 0.29) is 25.7 Å². The highest BCUT2D eigenvalue weighted by Crippen LogP contribution is 2.16. The van der Waals surface area contributed by atoms with Crippen LogP contribution in [0.4, 0.5) is 4.79 Å². The van der Waals surface area contributed by atoms with Crippen LogP contribution in [0, 0.1) is 0 Å². The zero-order valence-electron chi connectivity index (χ0n) is 23.2. The van der Waals surface area contributed by atoms with E-state index in [1.165, 1.54) is 51.4 Å². The minimum Gasteiger partial charge on any atom is -0.481 e. The Hall–Kier alpha value is -2.40. The molecule has 5 N–H and O–H groups in total. The van der Waals surface area contributed by atoms with Crippen LogP contribution in [0.15, 0.2) is 0 Å². The number of hydrogen-bond donors (Lipinski definition) is 4. The molecule has 0 aromatic carbocycles. The van der Waals surface area contributed by atoms with Gasteiger partial charge < -0.3 is 25.6 Å². The lowest BCUT2D eigenvalue weighted by Crippen LogP contribution is -2.55. The first-order chi connectivity index (χ1) is 18.3. The molecule has 220 valence electrons. The van der Waals surface area contributed by atoms with Crippen molar-refractivity contribution in [2.75, 3.05) is 26.3 Å². The number of carboxylic acids is 1. The van der Waals surface area contributed by atoms with Gasteiger partial charge in [0.05, 0.1) is 19.6 Å². The molecule has 1 rings (SSSR count). The SMILES string of the molecule is CCCCCCCCCCCCC[C@@H](CC(N)=O)OC(=O)[C@H](CCCC(=O)O)NC(=O)NN1CCOCC1. The Morgan fingerprint density at radius 1 is 0.895 bits per heavy atom. The standard InChI is InChI=1S/C27H50N4O7/c1-2-3-4-5-6-7-8-9-10-11-12-14-22(21-24(28)32)38-26(35)23(15-13-16-25(33)34)29-27(36)30-31-17-19-37-20-18-31/h22-23H,2-21H2,1H3,(H2,28,32)(H,33,34)(H2,29,30,36)/t22-,23-/m0/s1. The van der Waals surface area contributed by atoms with Crippen LogP contribution in [0.5, 0.6) is 0 Å². The number of carboxylic acid groups (broad SMARTS) is 1. The molecule has 1 fully saturated rings. The van der Waals surface area contributed by atoms with Crippen molar-refractivity contribution in [2.24, 2.45) is 5.73 Å². The molecule has 0 unspecified atom stereocenters. The van der Waals surface area contributed by atoms with Gasteiger partial charge in [0.1, 0.15) is 12.1 Å². The number of morpholine rings is 1. The number of rotatable bonds is 22. The van der Waals surface area contributed by atoms with Gasteiger partial charge in [0, 0.05) is 19.5 Å². The van der Waals surface area contributed by atoms with Gasteiger partial charge in [-0.3, -0.25) is 15.0 Å². The molecule has 38 heavy (non-hydrogen) atoms. The number of nitrogens with one attached hydrogen (secondary N) is 2. The Morgan fingerprint density at radius 3 is 2.03 bits per heavy atom. The van der Waals surface area contributed by atoms with E-state index < -0.39 is 36.0 Å². The number of ether oxygens (including phenoxy) is 2. The Morgan fingerprint density at radius 2 is 1.47 bits per heavy atom. The molecule has 0 saturated carbocycles. The Balaban J connectivity index is 2.48. The summed E-state index contributed by atoms with van der Waals surface area (Å²) in [4.78, 5) is 47.9. The molecule has 0 aliphatic carbocycles. The predicted molar refractivity (Wildman–Crippen MR) is 144 cm³/mol. The Labute approximate surface area is 227 Å². The predicted octanol–water partition coefficient (Wildman–Crippen LogP) is 3.64. The number of nitrogens with two attached hydrogens (primary N) is 1. The van der Waals surface area contributed by atoms with Crippen LogP contribution in [0.2, 0.25) is 0 Å². The highest BCUT2D eigenvalue weighted by Gasteiger charge is 2.27.